The van der Waals surface area contributed by atoms with Gasteiger partial charge < -0.3 is 15.7 Å². The Hall–Kier alpha value is -2.05. The van der Waals surface area contributed by atoms with E-state index in [0.717, 1.165) is 0 Å². The highest BCUT2D eigenvalue weighted by atomic mass is 35.5. The Bertz CT molecular complexity index is 617. The fourth-order valence-electron chi connectivity index (χ4n) is 1.22. The maximum atomic E-state index is 8.49. The highest BCUT2D eigenvalue weighted by molar-refractivity contribution is 6.34. The number of rotatable bonds is 3. The third-order valence-corrected chi connectivity index (χ3v) is 2.65. The summed E-state index contributed by atoms with van der Waals surface area (Å²) in [6.07, 6.45) is 2.63. The minimum Gasteiger partial charge on any atom is -0.436 e. The van der Waals surface area contributed by atoms with Gasteiger partial charge in [-0.3, -0.25) is 0 Å². The quantitative estimate of drug-likeness (QED) is 0.393. The summed E-state index contributed by atoms with van der Waals surface area (Å²) in [7, 11) is 0. The van der Waals surface area contributed by atoms with E-state index in [1.54, 1.807) is 18.2 Å². The van der Waals surface area contributed by atoms with Gasteiger partial charge in [0.25, 0.3) is 0 Å². The van der Waals surface area contributed by atoms with Crippen molar-refractivity contribution in [2.45, 2.75) is 0 Å². The maximum absolute atomic E-state index is 8.49. The van der Waals surface area contributed by atoms with Gasteiger partial charge in [-0.15, -0.1) is 0 Å². The average Bonchev–Trinajstić information content (AvgIpc) is 2.43. The van der Waals surface area contributed by atoms with Crippen LogP contribution in [0.3, 0.4) is 0 Å². The minimum atomic E-state index is -0.139. The van der Waals surface area contributed by atoms with Gasteiger partial charge >= 0.3 is 0 Å². The molecule has 0 fully saturated rings. The Morgan fingerprint density at radius 3 is 2.68 bits per heavy atom. The summed E-state index contributed by atoms with van der Waals surface area (Å²) in [4.78, 5) is 7.87. The van der Waals surface area contributed by atoms with Gasteiger partial charge in [-0.1, -0.05) is 28.4 Å². The fourth-order valence-corrected chi connectivity index (χ4v) is 1.54. The lowest BCUT2D eigenvalue weighted by Gasteiger charge is -2.06. The molecule has 3 N–H and O–H groups in total. The maximum Gasteiger partial charge on any atom is 0.237 e. The first kappa shape index (κ1) is 13.4. The summed E-state index contributed by atoms with van der Waals surface area (Å²) in [6.45, 7) is 0. The monoisotopic (exact) mass is 298 g/mol. The van der Waals surface area contributed by atoms with Gasteiger partial charge in [-0.2, -0.15) is 0 Å². The molecule has 0 saturated carbocycles. The van der Waals surface area contributed by atoms with Crippen molar-refractivity contribution in [3.63, 3.8) is 0 Å². The van der Waals surface area contributed by atoms with Gasteiger partial charge in [0.1, 0.15) is 11.4 Å². The number of ether oxygens (including phenoxy) is 1. The second-order valence-electron chi connectivity index (χ2n) is 3.40. The molecule has 0 spiro atoms. The van der Waals surface area contributed by atoms with Crippen LogP contribution in [0.2, 0.25) is 10.0 Å². The van der Waals surface area contributed by atoms with Crippen LogP contribution in [-0.2, 0) is 0 Å². The Morgan fingerprint density at radius 1 is 1.26 bits per heavy atom. The molecule has 0 amide bonds. The van der Waals surface area contributed by atoms with Crippen molar-refractivity contribution in [1.82, 2.24) is 9.97 Å². The van der Waals surface area contributed by atoms with E-state index in [1.165, 1.54) is 12.4 Å². The van der Waals surface area contributed by atoms with Gasteiger partial charge in [-0.05, 0) is 12.1 Å². The second kappa shape index (κ2) is 5.73. The van der Waals surface area contributed by atoms with E-state index in [1.807, 2.05) is 0 Å². The molecular formula is C11H8Cl2N4O2. The van der Waals surface area contributed by atoms with Gasteiger partial charge in [-0.25, -0.2) is 9.97 Å². The van der Waals surface area contributed by atoms with Gasteiger partial charge in [0.15, 0.2) is 5.84 Å². The highest BCUT2D eigenvalue weighted by Gasteiger charge is 2.07. The lowest BCUT2D eigenvalue weighted by molar-refractivity contribution is 0.318. The molecule has 0 unspecified atom stereocenters. The molecule has 1 aromatic heterocycles. The van der Waals surface area contributed by atoms with Crippen LogP contribution in [-0.4, -0.2) is 21.0 Å². The van der Waals surface area contributed by atoms with Crippen molar-refractivity contribution < 1.29 is 9.94 Å². The topological polar surface area (TPSA) is 93.6 Å². The number of amidine groups is 1. The molecule has 0 saturated heterocycles. The van der Waals surface area contributed by atoms with Crippen LogP contribution >= 0.6 is 23.2 Å². The Kier molecular flexibility index (Phi) is 4.03. The summed E-state index contributed by atoms with van der Waals surface area (Å²) in [5, 5.41) is 12.2. The van der Waals surface area contributed by atoms with E-state index >= 15 is 0 Å². The van der Waals surface area contributed by atoms with E-state index < -0.39 is 0 Å². The number of hydrogen-bond acceptors (Lipinski definition) is 5. The second-order valence-corrected chi connectivity index (χ2v) is 4.25. The number of nitrogens with zero attached hydrogens (tertiary/aromatic N) is 3. The van der Waals surface area contributed by atoms with E-state index in [0.29, 0.717) is 15.8 Å². The van der Waals surface area contributed by atoms with Crippen LogP contribution in [0, 0.1) is 0 Å². The lowest BCUT2D eigenvalue weighted by atomic mass is 10.3. The smallest absolute Gasteiger partial charge is 0.237 e. The number of hydrogen-bond donors (Lipinski definition) is 2. The Labute approximate surface area is 118 Å². The summed E-state index contributed by atoms with van der Waals surface area (Å²) < 4.78 is 5.43. The molecule has 1 aromatic carbocycles. The molecule has 2 aromatic rings. The fraction of sp³-hybridized carbons (Fsp3) is 0. The number of aromatic nitrogens is 2. The molecule has 6 nitrogen and oxygen atoms in total. The van der Waals surface area contributed by atoms with E-state index in [9.17, 15) is 0 Å². The zero-order valence-corrected chi connectivity index (χ0v) is 10.9. The zero-order chi connectivity index (χ0) is 13.8. The van der Waals surface area contributed by atoms with Gasteiger partial charge in [0, 0.05) is 11.1 Å². The van der Waals surface area contributed by atoms with E-state index in [4.69, 9.17) is 38.9 Å². The van der Waals surface area contributed by atoms with Crippen molar-refractivity contribution in [1.29, 1.82) is 0 Å². The first-order chi connectivity index (χ1) is 9.10. The number of oxime groups is 1. The molecule has 0 aliphatic heterocycles. The molecule has 0 radical (unpaired) electrons. The normalized spacial score (nSPS) is 11.4. The lowest BCUT2D eigenvalue weighted by Crippen LogP contribution is -2.15. The molecule has 98 valence electrons. The Balaban J connectivity index is 2.22. The summed E-state index contributed by atoms with van der Waals surface area (Å²) >= 11 is 11.8. The molecule has 1 heterocycles. The van der Waals surface area contributed by atoms with Gasteiger partial charge in [0.05, 0.1) is 17.4 Å². The molecule has 0 bridgehead atoms. The molecule has 0 atom stereocenters. The molecule has 0 aliphatic carbocycles. The first-order valence-corrected chi connectivity index (χ1v) is 5.78. The summed E-state index contributed by atoms with van der Waals surface area (Å²) in [5.41, 5.74) is 5.59. The van der Waals surface area contributed by atoms with Crippen LogP contribution in [0.4, 0.5) is 0 Å². The molecular weight excluding hydrogens is 291 g/mol. The molecule has 19 heavy (non-hydrogen) atoms. The third kappa shape index (κ3) is 3.24. The van der Waals surface area contributed by atoms with Crippen LogP contribution in [0.5, 0.6) is 11.6 Å². The number of nitrogens with two attached hydrogens (primary N) is 1. The molecule has 8 heteroatoms. The SMILES string of the molecule is NC(=NO)c1cnc(Oc2cc(Cl)ccc2Cl)cn1. The van der Waals surface area contributed by atoms with Crippen molar-refractivity contribution >= 4 is 29.0 Å². The number of benzene rings is 1. The predicted octanol–water partition coefficient (Wildman–Crippen LogP) is 2.67. The summed E-state index contributed by atoms with van der Waals surface area (Å²) in [6, 6.07) is 4.81. The Morgan fingerprint density at radius 2 is 2.05 bits per heavy atom. The van der Waals surface area contributed by atoms with Crippen molar-refractivity contribution in [2.75, 3.05) is 0 Å². The van der Waals surface area contributed by atoms with Crippen LogP contribution in [0.1, 0.15) is 5.69 Å². The third-order valence-electron chi connectivity index (χ3n) is 2.11. The standard InChI is InChI=1S/C11H8Cl2N4O2/c12-6-1-2-7(13)9(3-6)19-10-5-15-8(4-16-10)11(14)17-18/h1-5,18H,(H2,14,17). The van der Waals surface area contributed by atoms with Crippen LogP contribution in [0.25, 0.3) is 0 Å². The highest BCUT2D eigenvalue weighted by Crippen LogP contribution is 2.30. The average molecular weight is 299 g/mol. The van der Waals surface area contributed by atoms with E-state index in [-0.39, 0.29) is 17.4 Å². The van der Waals surface area contributed by atoms with Crippen molar-refractivity contribution in [3.8, 4) is 11.6 Å². The van der Waals surface area contributed by atoms with Crippen LogP contribution in [0.15, 0.2) is 35.7 Å². The molecule has 0 aliphatic rings. The molecule has 2 rings (SSSR count). The zero-order valence-electron chi connectivity index (χ0n) is 9.42. The summed E-state index contributed by atoms with van der Waals surface area (Å²) in [5.74, 6) is 0.429. The largest absolute Gasteiger partial charge is 0.436 e. The van der Waals surface area contributed by atoms with Crippen molar-refractivity contribution in [3.05, 3.63) is 46.3 Å². The van der Waals surface area contributed by atoms with Gasteiger partial charge in [0.2, 0.25) is 5.88 Å². The number of halogens is 2. The first-order valence-electron chi connectivity index (χ1n) is 5.03. The minimum absolute atomic E-state index is 0.139. The van der Waals surface area contributed by atoms with E-state index in [2.05, 4.69) is 15.1 Å². The van der Waals surface area contributed by atoms with Crippen molar-refractivity contribution in [2.24, 2.45) is 10.9 Å². The predicted molar refractivity (Wildman–Crippen MR) is 71.1 cm³/mol. The van der Waals surface area contributed by atoms with Crippen LogP contribution < -0.4 is 10.5 Å².